The molecule has 0 bridgehead atoms. The fourth-order valence-corrected chi connectivity index (χ4v) is 2.10. The van der Waals surface area contributed by atoms with Crippen LogP contribution in [-0.4, -0.2) is 36.9 Å². The van der Waals surface area contributed by atoms with Crippen LogP contribution in [0.4, 0.5) is 5.69 Å². The van der Waals surface area contributed by atoms with Crippen molar-refractivity contribution in [1.29, 1.82) is 5.41 Å². The van der Waals surface area contributed by atoms with E-state index in [0.29, 0.717) is 0 Å². The van der Waals surface area contributed by atoms with Gasteiger partial charge in [-0.1, -0.05) is 25.1 Å². The molecule has 0 unspecified atom stereocenters. The quantitative estimate of drug-likeness (QED) is 0.608. The van der Waals surface area contributed by atoms with Gasteiger partial charge in [-0.3, -0.25) is 5.41 Å². The van der Waals surface area contributed by atoms with E-state index in [1.165, 1.54) is 5.69 Å². The van der Waals surface area contributed by atoms with Gasteiger partial charge in [0.15, 0.2) is 0 Å². The van der Waals surface area contributed by atoms with E-state index in [2.05, 4.69) is 34.1 Å². The zero-order valence-electron chi connectivity index (χ0n) is 9.82. The van der Waals surface area contributed by atoms with E-state index in [-0.39, 0.29) is 0 Å². The molecular weight excluding hydrogens is 198 g/mol. The van der Waals surface area contributed by atoms with E-state index in [9.17, 15) is 0 Å². The first-order valence-corrected chi connectivity index (χ1v) is 5.93. The van der Waals surface area contributed by atoms with Crippen LogP contribution in [0.5, 0.6) is 0 Å². The Morgan fingerprint density at radius 3 is 2.31 bits per heavy atom. The number of hydrogen-bond donors (Lipinski definition) is 1. The minimum Gasteiger partial charge on any atom is -0.368 e. The van der Waals surface area contributed by atoms with Gasteiger partial charge in [0, 0.05) is 38.3 Å². The Labute approximate surface area is 97.2 Å². The average Bonchev–Trinajstić information content (AvgIpc) is 2.39. The van der Waals surface area contributed by atoms with Crippen molar-refractivity contribution in [3.8, 4) is 0 Å². The molecule has 1 aliphatic rings. The van der Waals surface area contributed by atoms with Crippen molar-refractivity contribution in [2.24, 2.45) is 0 Å². The molecule has 0 radical (unpaired) electrons. The van der Waals surface area contributed by atoms with Crippen molar-refractivity contribution in [2.75, 3.05) is 31.1 Å². The van der Waals surface area contributed by atoms with Gasteiger partial charge in [-0.15, -0.1) is 0 Å². The number of hydrogen-bond acceptors (Lipinski definition) is 2. The van der Waals surface area contributed by atoms with E-state index in [4.69, 9.17) is 5.41 Å². The first-order chi connectivity index (χ1) is 7.81. The van der Waals surface area contributed by atoms with Gasteiger partial charge in [-0.05, 0) is 12.1 Å². The van der Waals surface area contributed by atoms with Crippen molar-refractivity contribution in [1.82, 2.24) is 4.90 Å². The Bertz CT molecular complexity index is 339. The summed E-state index contributed by atoms with van der Waals surface area (Å²) in [4.78, 5) is 4.57. The van der Waals surface area contributed by atoms with Crippen LogP contribution in [0.15, 0.2) is 30.3 Å². The van der Waals surface area contributed by atoms with Crippen molar-refractivity contribution in [3.63, 3.8) is 0 Å². The summed E-state index contributed by atoms with van der Waals surface area (Å²) in [5, 5.41) is 7.81. The molecular formula is C13H19N3. The largest absolute Gasteiger partial charge is 0.368 e. The van der Waals surface area contributed by atoms with E-state index < -0.39 is 0 Å². The Kier molecular flexibility index (Phi) is 3.44. The summed E-state index contributed by atoms with van der Waals surface area (Å²) in [5.74, 6) is 0.771. The van der Waals surface area contributed by atoms with Crippen LogP contribution in [0.2, 0.25) is 0 Å². The molecule has 1 heterocycles. The average molecular weight is 217 g/mol. The van der Waals surface area contributed by atoms with Gasteiger partial charge in [-0.2, -0.15) is 0 Å². The van der Waals surface area contributed by atoms with Gasteiger partial charge < -0.3 is 9.80 Å². The number of piperazine rings is 1. The van der Waals surface area contributed by atoms with E-state index >= 15 is 0 Å². The number of rotatable bonds is 2. The van der Waals surface area contributed by atoms with Crippen LogP contribution in [0.25, 0.3) is 0 Å². The summed E-state index contributed by atoms with van der Waals surface area (Å²) in [6, 6.07) is 10.5. The van der Waals surface area contributed by atoms with Crippen LogP contribution in [0, 0.1) is 5.41 Å². The van der Waals surface area contributed by atoms with Crippen LogP contribution in [0.3, 0.4) is 0 Å². The standard InChI is InChI=1S/C13H19N3/c1-2-13(14)16-10-8-15(9-11-16)12-6-4-3-5-7-12/h3-7,14H,2,8-11H2,1H3. The molecule has 1 aliphatic heterocycles. The third-order valence-corrected chi connectivity index (χ3v) is 3.12. The number of nitrogens with zero attached hydrogens (tertiary/aromatic N) is 2. The van der Waals surface area contributed by atoms with Crippen molar-refractivity contribution in [2.45, 2.75) is 13.3 Å². The molecule has 0 spiro atoms. The highest BCUT2D eigenvalue weighted by Gasteiger charge is 2.17. The highest BCUT2D eigenvalue weighted by atomic mass is 15.3. The molecule has 16 heavy (non-hydrogen) atoms. The zero-order valence-corrected chi connectivity index (χ0v) is 9.82. The molecule has 2 rings (SSSR count). The summed E-state index contributed by atoms with van der Waals surface area (Å²) >= 11 is 0. The predicted molar refractivity (Wildman–Crippen MR) is 68.2 cm³/mol. The van der Waals surface area contributed by atoms with Crippen LogP contribution >= 0.6 is 0 Å². The second kappa shape index (κ2) is 5.01. The monoisotopic (exact) mass is 217 g/mol. The number of benzene rings is 1. The second-order valence-electron chi connectivity index (χ2n) is 4.11. The van der Waals surface area contributed by atoms with Crippen molar-refractivity contribution >= 4 is 11.5 Å². The Hall–Kier alpha value is -1.51. The smallest absolute Gasteiger partial charge is 0.0956 e. The van der Waals surface area contributed by atoms with Gasteiger partial charge in [0.2, 0.25) is 0 Å². The maximum Gasteiger partial charge on any atom is 0.0956 e. The number of amidine groups is 1. The summed E-state index contributed by atoms with van der Waals surface area (Å²) < 4.78 is 0. The van der Waals surface area contributed by atoms with Crippen LogP contribution in [0.1, 0.15) is 13.3 Å². The summed E-state index contributed by atoms with van der Waals surface area (Å²) in [6.07, 6.45) is 0.839. The molecule has 86 valence electrons. The Morgan fingerprint density at radius 2 is 1.75 bits per heavy atom. The lowest BCUT2D eigenvalue weighted by Crippen LogP contribution is -2.48. The molecule has 3 nitrogen and oxygen atoms in total. The lowest BCUT2D eigenvalue weighted by molar-refractivity contribution is 0.377. The Morgan fingerprint density at radius 1 is 1.12 bits per heavy atom. The molecule has 1 aromatic carbocycles. The summed E-state index contributed by atoms with van der Waals surface area (Å²) in [7, 11) is 0. The van der Waals surface area contributed by atoms with Gasteiger partial charge in [0.1, 0.15) is 0 Å². The molecule has 0 saturated carbocycles. The van der Waals surface area contributed by atoms with Crippen LogP contribution in [-0.2, 0) is 0 Å². The lowest BCUT2D eigenvalue weighted by Gasteiger charge is -2.37. The molecule has 0 aromatic heterocycles. The van der Waals surface area contributed by atoms with E-state index in [1.54, 1.807) is 0 Å². The molecule has 1 aromatic rings. The second-order valence-corrected chi connectivity index (χ2v) is 4.11. The van der Waals surface area contributed by atoms with Gasteiger partial charge in [0.25, 0.3) is 0 Å². The van der Waals surface area contributed by atoms with Crippen molar-refractivity contribution < 1.29 is 0 Å². The first kappa shape index (κ1) is 11.0. The lowest BCUT2D eigenvalue weighted by atomic mass is 10.2. The molecule has 0 atom stereocenters. The number of nitrogens with one attached hydrogen (secondary N) is 1. The highest BCUT2D eigenvalue weighted by Crippen LogP contribution is 2.15. The minimum absolute atomic E-state index is 0.771. The molecule has 0 amide bonds. The highest BCUT2D eigenvalue weighted by molar-refractivity contribution is 5.79. The normalized spacial score (nSPS) is 16.3. The Balaban J connectivity index is 1.93. The van der Waals surface area contributed by atoms with Gasteiger partial charge >= 0.3 is 0 Å². The molecule has 0 aliphatic carbocycles. The maximum atomic E-state index is 7.81. The fraction of sp³-hybridized carbons (Fsp3) is 0.462. The zero-order chi connectivity index (χ0) is 11.4. The van der Waals surface area contributed by atoms with Gasteiger partial charge in [0.05, 0.1) is 5.84 Å². The number of anilines is 1. The van der Waals surface area contributed by atoms with Crippen LogP contribution < -0.4 is 4.90 Å². The first-order valence-electron chi connectivity index (χ1n) is 5.93. The summed E-state index contributed by atoms with van der Waals surface area (Å²) in [5.41, 5.74) is 1.30. The molecule has 3 heteroatoms. The predicted octanol–water partition coefficient (Wildman–Crippen LogP) is 2.20. The van der Waals surface area contributed by atoms with Gasteiger partial charge in [-0.25, -0.2) is 0 Å². The minimum atomic E-state index is 0.771. The fourth-order valence-electron chi connectivity index (χ4n) is 2.10. The topological polar surface area (TPSA) is 30.3 Å². The molecule has 1 saturated heterocycles. The third kappa shape index (κ3) is 2.35. The third-order valence-electron chi connectivity index (χ3n) is 3.12. The maximum absolute atomic E-state index is 7.81. The summed E-state index contributed by atoms with van der Waals surface area (Å²) in [6.45, 7) is 6.04. The number of para-hydroxylation sites is 1. The molecule has 1 fully saturated rings. The SMILES string of the molecule is CCC(=N)N1CCN(c2ccccc2)CC1. The van der Waals surface area contributed by atoms with E-state index in [1.807, 2.05) is 13.0 Å². The molecule has 1 N–H and O–H groups in total. The van der Waals surface area contributed by atoms with E-state index in [0.717, 1.165) is 38.4 Å². The van der Waals surface area contributed by atoms with Crippen molar-refractivity contribution in [3.05, 3.63) is 30.3 Å².